The van der Waals surface area contributed by atoms with Crippen molar-refractivity contribution in [2.75, 3.05) is 26.3 Å². The zero-order valence-corrected chi connectivity index (χ0v) is 8.97. The molecule has 1 aromatic rings. The van der Waals surface area contributed by atoms with Crippen molar-refractivity contribution < 1.29 is 10.2 Å². The molecule has 2 N–H and O–H groups in total. The Balaban J connectivity index is 2.43. The van der Waals surface area contributed by atoms with Crippen LogP contribution in [0.5, 0.6) is 0 Å². The predicted octanol–water partition coefficient (Wildman–Crippen LogP) is 0.863. The van der Waals surface area contributed by atoms with Crippen LogP contribution >= 0.6 is 0 Å². The minimum absolute atomic E-state index is 0.165. The molecule has 0 spiro atoms. The normalized spacial score (nSPS) is 10.9. The minimum atomic E-state index is 0.165. The standard InChI is InChI=1S/C12H19NO2/c14-9-4-7-13(8-10-15)11-12-5-2-1-3-6-12/h1-3,5-6,14-15H,4,7-11H2. The number of benzene rings is 1. The highest BCUT2D eigenvalue weighted by atomic mass is 16.3. The maximum absolute atomic E-state index is 8.91. The molecule has 0 radical (unpaired) electrons. The number of hydrogen-bond donors (Lipinski definition) is 2. The SMILES string of the molecule is OCCCN(CCO)Cc1ccccc1. The van der Waals surface area contributed by atoms with Gasteiger partial charge in [0.1, 0.15) is 0 Å². The largest absolute Gasteiger partial charge is 0.396 e. The van der Waals surface area contributed by atoms with Gasteiger partial charge in [-0.2, -0.15) is 0 Å². The molecule has 1 rings (SSSR count). The smallest absolute Gasteiger partial charge is 0.0558 e. The van der Waals surface area contributed by atoms with Crippen LogP contribution < -0.4 is 0 Å². The molecule has 0 aliphatic carbocycles. The zero-order chi connectivity index (χ0) is 10.9. The van der Waals surface area contributed by atoms with Crippen molar-refractivity contribution in [1.29, 1.82) is 0 Å². The van der Waals surface area contributed by atoms with Gasteiger partial charge in [-0.25, -0.2) is 0 Å². The number of rotatable bonds is 7. The third-order valence-electron chi connectivity index (χ3n) is 2.30. The van der Waals surface area contributed by atoms with Gasteiger partial charge >= 0.3 is 0 Å². The van der Waals surface area contributed by atoms with Crippen LogP contribution in [-0.4, -0.2) is 41.4 Å². The second-order valence-corrected chi connectivity index (χ2v) is 3.56. The summed E-state index contributed by atoms with van der Waals surface area (Å²) in [7, 11) is 0. The second kappa shape index (κ2) is 7.40. The Kier molecular flexibility index (Phi) is 6.00. The summed E-state index contributed by atoms with van der Waals surface area (Å²) < 4.78 is 0. The highest BCUT2D eigenvalue weighted by Gasteiger charge is 2.04. The van der Waals surface area contributed by atoms with Gasteiger partial charge in [0.05, 0.1) is 6.61 Å². The lowest BCUT2D eigenvalue weighted by molar-refractivity contribution is 0.174. The van der Waals surface area contributed by atoms with E-state index < -0.39 is 0 Å². The lowest BCUT2D eigenvalue weighted by Gasteiger charge is -2.20. The van der Waals surface area contributed by atoms with E-state index in [1.54, 1.807) is 0 Å². The number of aliphatic hydroxyl groups is 2. The summed E-state index contributed by atoms with van der Waals surface area (Å²) in [6, 6.07) is 10.2. The van der Waals surface area contributed by atoms with Gasteiger partial charge < -0.3 is 10.2 Å². The molecule has 84 valence electrons. The average molecular weight is 209 g/mol. The van der Waals surface area contributed by atoms with Gasteiger partial charge in [-0.1, -0.05) is 30.3 Å². The van der Waals surface area contributed by atoms with Gasteiger partial charge in [0, 0.05) is 26.2 Å². The van der Waals surface area contributed by atoms with Gasteiger partial charge in [0.15, 0.2) is 0 Å². The summed E-state index contributed by atoms with van der Waals surface area (Å²) in [5.74, 6) is 0. The van der Waals surface area contributed by atoms with E-state index in [0.717, 1.165) is 19.5 Å². The molecule has 0 saturated heterocycles. The van der Waals surface area contributed by atoms with Crippen LogP contribution in [0.4, 0.5) is 0 Å². The van der Waals surface area contributed by atoms with Crippen LogP contribution in [0.3, 0.4) is 0 Å². The average Bonchev–Trinajstić information content (AvgIpc) is 2.28. The lowest BCUT2D eigenvalue weighted by Crippen LogP contribution is -2.28. The van der Waals surface area contributed by atoms with Crippen molar-refractivity contribution in [3.8, 4) is 0 Å². The van der Waals surface area contributed by atoms with E-state index in [-0.39, 0.29) is 13.2 Å². The van der Waals surface area contributed by atoms with Crippen molar-refractivity contribution in [3.63, 3.8) is 0 Å². The Morgan fingerprint density at radius 2 is 1.67 bits per heavy atom. The van der Waals surface area contributed by atoms with E-state index >= 15 is 0 Å². The van der Waals surface area contributed by atoms with Crippen LogP contribution in [0.1, 0.15) is 12.0 Å². The van der Waals surface area contributed by atoms with Crippen LogP contribution in [0.2, 0.25) is 0 Å². The Morgan fingerprint density at radius 3 is 2.27 bits per heavy atom. The maximum atomic E-state index is 8.91. The molecule has 0 unspecified atom stereocenters. The monoisotopic (exact) mass is 209 g/mol. The van der Waals surface area contributed by atoms with Crippen LogP contribution in [0, 0.1) is 0 Å². The molecule has 0 atom stereocenters. The van der Waals surface area contributed by atoms with Crippen LogP contribution in [-0.2, 0) is 6.54 Å². The summed E-state index contributed by atoms with van der Waals surface area (Å²) in [6.07, 6.45) is 0.757. The maximum Gasteiger partial charge on any atom is 0.0558 e. The molecule has 0 bridgehead atoms. The van der Waals surface area contributed by atoms with Crippen molar-refractivity contribution in [1.82, 2.24) is 4.90 Å². The molecule has 0 heterocycles. The third kappa shape index (κ3) is 4.93. The first kappa shape index (κ1) is 12.2. The molecule has 0 aromatic heterocycles. The summed E-state index contributed by atoms with van der Waals surface area (Å²) in [5, 5.41) is 17.7. The first-order valence-corrected chi connectivity index (χ1v) is 5.35. The molecular formula is C12H19NO2. The Bertz CT molecular complexity index is 251. The van der Waals surface area contributed by atoms with Gasteiger partial charge in [0.2, 0.25) is 0 Å². The summed E-state index contributed by atoms with van der Waals surface area (Å²) in [6.45, 7) is 2.69. The predicted molar refractivity (Wildman–Crippen MR) is 60.5 cm³/mol. The van der Waals surface area contributed by atoms with Crippen LogP contribution in [0.15, 0.2) is 30.3 Å². The summed E-state index contributed by atoms with van der Waals surface area (Å²) in [5.41, 5.74) is 1.24. The minimum Gasteiger partial charge on any atom is -0.396 e. The van der Waals surface area contributed by atoms with E-state index in [2.05, 4.69) is 17.0 Å². The molecule has 0 amide bonds. The quantitative estimate of drug-likeness (QED) is 0.700. The fourth-order valence-electron chi connectivity index (χ4n) is 1.55. The fraction of sp³-hybridized carbons (Fsp3) is 0.500. The Labute approximate surface area is 91.0 Å². The van der Waals surface area contributed by atoms with Gasteiger partial charge in [-0.3, -0.25) is 4.90 Å². The molecule has 0 saturated carbocycles. The molecule has 0 aliphatic rings. The van der Waals surface area contributed by atoms with Crippen LogP contribution in [0.25, 0.3) is 0 Å². The number of aliphatic hydroxyl groups excluding tert-OH is 2. The van der Waals surface area contributed by atoms with E-state index in [1.165, 1.54) is 5.56 Å². The summed E-state index contributed by atoms with van der Waals surface area (Å²) in [4.78, 5) is 2.14. The van der Waals surface area contributed by atoms with Crippen molar-refractivity contribution in [2.24, 2.45) is 0 Å². The van der Waals surface area contributed by atoms with E-state index in [1.807, 2.05) is 18.2 Å². The van der Waals surface area contributed by atoms with Gasteiger partial charge in [-0.15, -0.1) is 0 Å². The third-order valence-corrected chi connectivity index (χ3v) is 2.30. The lowest BCUT2D eigenvalue weighted by atomic mass is 10.2. The summed E-state index contributed by atoms with van der Waals surface area (Å²) >= 11 is 0. The van der Waals surface area contributed by atoms with E-state index in [9.17, 15) is 0 Å². The topological polar surface area (TPSA) is 43.7 Å². The zero-order valence-electron chi connectivity index (χ0n) is 8.97. The molecule has 3 nitrogen and oxygen atoms in total. The molecule has 3 heteroatoms. The molecular weight excluding hydrogens is 190 g/mol. The van der Waals surface area contributed by atoms with Crippen molar-refractivity contribution in [3.05, 3.63) is 35.9 Å². The molecule has 1 aromatic carbocycles. The highest BCUT2D eigenvalue weighted by Crippen LogP contribution is 2.04. The first-order valence-electron chi connectivity index (χ1n) is 5.35. The Hall–Kier alpha value is -0.900. The second-order valence-electron chi connectivity index (χ2n) is 3.56. The highest BCUT2D eigenvalue weighted by molar-refractivity contribution is 5.14. The number of nitrogens with zero attached hydrogens (tertiary/aromatic N) is 1. The molecule has 0 aliphatic heterocycles. The van der Waals surface area contributed by atoms with E-state index in [0.29, 0.717) is 6.54 Å². The van der Waals surface area contributed by atoms with Gasteiger partial charge in [0.25, 0.3) is 0 Å². The molecule has 0 fully saturated rings. The number of hydrogen-bond acceptors (Lipinski definition) is 3. The van der Waals surface area contributed by atoms with E-state index in [4.69, 9.17) is 10.2 Å². The fourth-order valence-corrected chi connectivity index (χ4v) is 1.55. The van der Waals surface area contributed by atoms with Crippen molar-refractivity contribution >= 4 is 0 Å². The van der Waals surface area contributed by atoms with Crippen molar-refractivity contribution in [2.45, 2.75) is 13.0 Å². The molecule has 15 heavy (non-hydrogen) atoms. The Morgan fingerprint density at radius 1 is 0.933 bits per heavy atom. The first-order chi connectivity index (χ1) is 7.36. The van der Waals surface area contributed by atoms with Gasteiger partial charge in [-0.05, 0) is 12.0 Å².